The Bertz CT molecular complexity index is 748. The molecule has 1 aliphatic rings. The second-order valence-corrected chi connectivity index (χ2v) is 8.11. The summed E-state index contributed by atoms with van der Waals surface area (Å²) in [5.41, 5.74) is 2.91. The Morgan fingerprint density at radius 2 is 1.70 bits per heavy atom. The molecule has 1 aromatic carbocycles. The highest BCUT2D eigenvalue weighted by Gasteiger charge is 2.37. The minimum Gasteiger partial charge on any atom is -0.456 e. The third-order valence-corrected chi connectivity index (χ3v) is 4.64. The van der Waals surface area contributed by atoms with E-state index in [1.165, 1.54) is 4.90 Å². The summed E-state index contributed by atoms with van der Waals surface area (Å²) in [6.07, 6.45) is 0.677. The maximum absolute atomic E-state index is 12.5. The lowest BCUT2D eigenvalue weighted by Gasteiger charge is -2.27. The number of likely N-dealkylation sites (tertiary alicyclic amines) is 1. The van der Waals surface area contributed by atoms with Crippen LogP contribution in [0.15, 0.2) is 12.1 Å². The number of amides is 1. The summed E-state index contributed by atoms with van der Waals surface area (Å²) in [6.45, 7) is 11.2. The molecule has 1 fully saturated rings. The summed E-state index contributed by atoms with van der Waals surface area (Å²) in [4.78, 5) is 38.6. The summed E-state index contributed by atoms with van der Waals surface area (Å²) in [6, 6.07) is 3.07. The van der Waals surface area contributed by atoms with E-state index >= 15 is 0 Å². The number of hydrogen-bond acceptors (Lipinski definition) is 5. The molecule has 0 N–H and O–H groups in total. The molecule has 6 nitrogen and oxygen atoms in total. The molecule has 148 valence electrons. The minimum atomic E-state index is -0.700. The molecule has 0 spiro atoms. The first-order valence-electron chi connectivity index (χ1n) is 9.27. The third kappa shape index (κ3) is 5.31. The van der Waals surface area contributed by atoms with Gasteiger partial charge in [-0.1, -0.05) is 6.07 Å². The Kier molecular flexibility index (Phi) is 6.29. The Balaban J connectivity index is 1.99. The van der Waals surface area contributed by atoms with E-state index in [-0.39, 0.29) is 12.4 Å². The smallest absolute Gasteiger partial charge is 0.411 e. The van der Waals surface area contributed by atoms with Gasteiger partial charge in [-0.15, -0.1) is 0 Å². The van der Waals surface area contributed by atoms with Crippen molar-refractivity contribution in [2.75, 3.05) is 13.2 Å². The number of esters is 1. The van der Waals surface area contributed by atoms with Crippen molar-refractivity contribution in [2.45, 2.75) is 66.0 Å². The molecule has 2 rings (SSSR count). The minimum absolute atomic E-state index is 0.245. The standard InChI is InChI=1S/C21H29NO5/c1-13-10-15(3)16(11-14(13)2)18(23)12-26-19(24)17-8-7-9-22(17)20(25)27-21(4,5)6/h10-11,17H,7-9,12H2,1-6H3/t17-/m0/s1. The third-order valence-electron chi connectivity index (χ3n) is 4.64. The SMILES string of the molecule is Cc1cc(C)c(C(=O)COC(=O)[C@@H]2CCCN2C(=O)OC(C)(C)C)cc1C. The molecule has 0 saturated carbocycles. The van der Waals surface area contributed by atoms with Crippen molar-refractivity contribution in [1.29, 1.82) is 0 Å². The maximum atomic E-state index is 12.5. The van der Waals surface area contributed by atoms with Crippen LogP contribution in [0.4, 0.5) is 4.79 Å². The fourth-order valence-corrected chi connectivity index (χ4v) is 3.12. The van der Waals surface area contributed by atoms with Crippen LogP contribution in [-0.2, 0) is 14.3 Å². The monoisotopic (exact) mass is 375 g/mol. The number of carbonyl (C=O) groups is 3. The lowest BCUT2D eigenvalue weighted by Crippen LogP contribution is -2.44. The molecule has 0 aliphatic carbocycles. The first-order valence-corrected chi connectivity index (χ1v) is 9.27. The van der Waals surface area contributed by atoms with Gasteiger partial charge in [-0.25, -0.2) is 9.59 Å². The number of benzene rings is 1. The number of carbonyl (C=O) groups excluding carboxylic acids is 3. The summed E-state index contributed by atoms with van der Waals surface area (Å²) in [7, 11) is 0. The van der Waals surface area contributed by atoms with Crippen LogP contribution in [0.1, 0.15) is 60.7 Å². The predicted octanol–water partition coefficient (Wildman–Crippen LogP) is 3.74. The summed E-state index contributed by atoms with van der Waals surface area (Å²) in [5.74, 6) is -0.807. The number of ketones is 1. The molecule has 1 amide bonds. The molecular formula is C21H29NO5. The zero-order valence-electron chi connectivity index (χ0n) is 17.0. The van der Waals surface area contributed by atoms with Gasteiger partial charge in [0.1, 0.15) is 11.6 Å². The van der Waals surface area contributed by atoms with Gasteiger partial charge in [0.2, 0.25) is 5.78 Å². The lowest BCUT2D eigenvalue weighted by molar-refractivity contribution is -0.147. The first kappa shape index (κ1) is 20.9. The predicted molar refractivity (Wildman–Crippen MR) is 102 cm³/mol. The van der Waals surface area contributed by atoms with Crippen molar-refractivity contribution in [3.8, 4) is 0 Å². The quantitative estimate of drug-likeness (QED) is 0.592. The highest BCUT2D eigenvalue weighted by atomic mass is 16.6. The van der Waals surface area contributed by atoms with Gasteiger partial charge in [0.15, 0.2) is 6.61 Å². The molecule has 6 heteroatoms. The first-order chi connectivity index (χ1) is 12.5. The molecule has 0 radical (unpaired) electrons. The largest absolute Gasteiger partial charge is 0.456 e. The number of ether oxygens (including phenoxy) is 2. The molecule has 1 aromatic rings. The molecule has 0 aromatic heterocycles. The van der Waals surface area contributed by atoms with Crippen LogP contribution in [-0.4, -0.2) is 47.5 Å². The van der Waals surface area contributed by atoms with E-state index in [2.05, 4.69) is 0 Å². The van der Waals surface area contributed by atoms with E-state index < -0.39 is 23.7 Å². The van der Waals surface area contributed by atoms with Crippen LogP contribution in [0.5, 0.6) is 0 Å². The highest BCUT2D eigenvalue weighted by Crippen LogP contribution is 2.22. The molecule has 1 atom stereocenters. The molecule has 1 saturated heterocycles. The number of rotatable bonds is 4. The van der Waals surface area contributed by atoms with Crippen LogP contribution in [0.2, 0.25) is 0 Å². The van der Waals surface area contributed by atoms with Crippen molar-refractivity contribution in [3.05, 3.63) is 34.4 Å². The second kappa shape index (κ2) is 8.11. The Labute approximate surface area is 160 Å². The van der Waals surface area contributed by atoms with Gasteiger partial charge < -0.3 is 9.47 Å². The van der Waals surface area contributed by atoms with Crippen molar-refractivity contribution in [1.82, 2.24) is 4.90 Å². The van der Waals surface area contributed by atoms with Crippen molar-refractivity contribution >= 4 is 17.8 Å². The topological polar surface area (TPSA) is 72.9 Å². The summed E-state index contributed by atoms with van der Waals surface area (Å²) < 4.78 is 10.6. The van der Waals surface area contributed by atoms with Gasteiger partial charge in [-0.2, -0.15) is 0 Å². The number of hydrogen-bond donors (Lipinski definition) is 0. The van der Waals surface area contributed by atoms with Gasteiger partial charge in [0, 0.05) is 12.1 Å². The average molecular weight is 375 g/mol. The zero-order valence-corrected chi connectivity index (χ0v) is 17.0. The van der Waals surface area contributed by atoms with Crippen LogP contribution >= 0.6 is 0 Å². The van der Waals surface area contributed by atoms with Crippen LogP contribution in [0, 0.1) is 20.8 Å². The Hall–Kier alpha value is -2.37. The van der Waals surface area contributed by atoms with E-state index in [1.54, 1.807) is 20.8 Å². The van der Waals surface area contributed by atoms with Gasteiger partial charge in [-0.05, 0) is 77.1 Å². The lowest BCUT2D eigenvalue weighted by atomic mass is 9.98. The van der Waals surface area contributed by atoms with Crippen molar-refractivity contribution < 1.29 is 23.9 Å². The zero-order chi connectivity index (χ0) is 20.4. The van der Waals surface area contributed by atoms with Gasteiger partial charge >= 0.3 is 12.1 Å². The summed E-state index contributed by atoms with van der Waals surface area (Å²) in [5, 5.41) is 0. The molecule has 0 bridgehead atoms. The van der Waals surface area contributed by atoms with E-state index in [4.69, 9.17) is 9.47 Å². The van der Waals surface area contributed by atoms with Gasteiger partial charge in [-0.3, -0.25) is 9.69 Å². The fourth-order valence-electron chi connectivity index (χ4n) is 3.12. The number of aryl methyl sites for hydroxylation is 3. The molecule has 1 aliphatic heterocycles. The normalized spacial score (nSPS) is 17.0. The average Bonchev–Trinajstić information content (AvgIpc) is 3.04. The van der Waals surface area contributed by atoms with E-state index in [0.717, 1.165) is 16.7 Å². The Morgan fingerprint density at radius 1 is 1.07 bits per heavy atom. The van der Waals surface area contributed by atoms with Crippen molar-refractivity contribution in [3.63, 3.8) is 0 Å². The van der Waals surface area contributed by atoms with E-state index in [0.29, 0.717) is 24.9 Å². The van der Waals surface area contributed by atoms with Crippen LogP contribution in [0.25, 0.3) is 0 Å². The Morgan fingerprint density at radius 3 is 2.33 bits per heavy atom. The van der Waals surface area contributed by atoms with Crippen molar-refractivity contribution in [2.24, 2.45) is 0 Å². The number of nitrogens with zero attached hydrogens (tertiary/aromatic N) is 1. The second-order valence-electron chi connectivity index (χ2n) is 8.11. The summed E-state index contributed by atoms with van der Waals surface area (Å²) >= 11 is 0. The maximum Gasteiger partial charge on any atom is 0.411 e. The number of Topliss-reactive ketones (excluding diaryl/α,β-unsaturated/α-hetero) is 1. The molecular weight excluding hydrogens is 346 g/mol. The van der Waals surface area contributed by atoms with Gasteiger partial charge in [0.25, 0.3) is 0 Å². The molecule has 1 heterocycles. The van der Waals surface area contributed by atoms with Crippen LogP contribution < -0.4 is 0 Å². The molecule has 0 unspecified atom stereocenters. The van der Waals surface area contributed by atoms with E-state index in [1.807, 2.05) is 32.9 Å². The van der Waals surface area contributed by atoms with Crippen LogP contribution in [0.3, 0.4) is 0 Å². The van der Waals surface area contributed by atoms with E-state index in [9.17, 15) is 14.4 Å². The fraction of sp³-hybridized carbons (Fsp3) is 0.571. The highest BCUT2D eigenvalue weighted by molar-refractivity contribution is 5.99. The van der Waals surface area contributed by atoms with Gasteiger partial charge in [0.05, 0.1) is 0 Å². The molecule has 27 heavy (non-hydrogen) atoms.